The molecular formula is C14H21NO2S. The zero-order valence-corrected chi connectivity index (χ0v) is 11.8. The molecule has 1 heterocycles. The van der Waals surface area contributed by atoms with Gasteiger partial charge in [-0.2, -0.15) is 0 Å². The minimum atomic E-state index is -0.591. The van der Waals surface area contributed by atoms with Gasteiger partial charge in [-0.25, -0.2) is 0 Å². The van der Waals surface area contributed by atoms with Crippen LogP contribution in [0.3, 0.4) is 0 Å². The van der Waals surface area contributed by atoms with Gasteiger partial charge in [-0.05, 0) is 25.8 Å². The molecule has 0 saturated carbocycles. The number of benzene rings is 1. The van der Waals surface area contributed by atoms with E-state index < -0.39 is 10.8 Å². The van der Waals surface area contributed by atoms with Gasteiger partial charge in [0.1, 0.15) is 5.75 Å². The largest absolute Gasteiger partial charge is 0.496 e. The van der Waals surface area contributed by atoms with Gasteiger partial charge in [0.25, 0.3) is 0 Å². The minimum absolute atomic E-state index is 0.262. The fraction of sp³-hybridized carbons (Fsp3) is 0.571. The lowest BCUT2D eigenvalue weighted by Gasteiger charge is -2.27. The standard InChI is InChI=1S/C14H21NO2S/c1-11(13-5-3-4-6-14(13)17-2)15-12-7-9-18(16)10-8-12/h3-6,11-12,15H,7-10H2,1-2H3/t11-,12?,18?/m1/s1. The molecule has 1 fully saturated rings. The summed E-state index contributed by atoms with van der Waals surface area (Å²) in [6.07, 6.45) is 2.01. The van der Waals surface area contributed by atoms with E-state index >= 15 is 0 Å². The van der Waals surface area contributed by atoms with Crippen molar-refractivity contribution in [1.29, 1.82) is 0 Å². The summed E-state index contributed by atoms with van der Waals surface area (Å²) in [7, 11) is 1.11. The summed E-state index contributed by atoms with van der Waals surface area (Å²) in [6.45, 7) is 2.16. The Morgan fingerprint density at radius 3 is 2.67 bits per heavy atom. The molecule has 0 unspecified atom stereocenters. The Balaban J connectivity index is 1.98. The molecule has 0 amide bonds. The molecule has 1 aliphatic rings. The van der Waals surface area contributed by atoms with Crippen LogP contribution in [-0.4, -0.2) is 28.9 Å². The first-order chi connectivity index (χ1) is 8.70. The Morgan fingerprint density at radius 2 is 2.00 bits per heavy atom. The molecule has 2 rings (SSSR count). The summed E-state index contributed by atoms with van der Waals surface area (Å²) in [5.74, 6) is 2.59. The van der Waals surface area contributed by atoms with E-state index in [9.17, 15) is 4.21 Å². The summed E-state index contributed by atoms with van der Waals surface area (Å²) >= 11 is 0. The lowest BCUT2D eigenvalue weighted by Crippen LogP contribution is -2.37. The van der Waals surface area contributed by atoms with Crippen molar-refractivity contribution in [2.24, 2.45) is 0 Å². The average Bonchev–Trinajstić information content (AvgIpc) is 2.41. The summed E-state index contributed by atoms with van der Waals surface area (Å²) in [6, 6.07) is 8.84. The van der Waals surface area contributed by atoms with Crippen LogP contribution in [0.5, 0.6) is 5.75 Å². The second kappa shape index (κ2) is 6.34. The molecule has 0 radical (unpaired) electrons. The lowest BCUT2D eigenvalue weighted by atomic mass is 10.0. The number of rotatable bonds is 4. The highest BCUT2D eigenvalue weighted by Gasteiger charge is 2.20. The zero-order chi connectivity index (χ0) is 13.0. The Kier molecular flexibility index (Phi) is 4.78. The van der Waals surface area contributed by atoms with Crippen molar-refractivity contribution in [2.75, 3.05) is 18.6 Å². The normalized spacial score (nSPS) is 25.7. The molecule has 1 aromatic rings. The van der Waals surface area contributed by atoms with E-state index in [0.717, 1.165) is 30.1 Å². The van der Waals surface area contributed by atoms with Crippen molar-refractivity contribution in [2.45, 2.75) is 31.8 Å². The van der Waals surface area contributed by atoms with Crippen LogP contribution < -0.4 is 10.1 Å². The molecule has 1 aromatic carbocycles. The van der Waals surface area contributed by atoms with Crippen molar-refractivity contribution in [1.82, 2.24) is 5.32 Å². The fourth-order valence-corrected chi connectivity index (χ4v) is 3.73. The molecule has 1 atom stereocenters. The first-order valence-electron chi connectivity index (χ1n) is 6.44. The molecule has 100 valence electrons. The van der Waals surface area contributed by atoms with Crippen LogP contribution in [0.25, 0.3) is 0 Å². The quantitative estimate of drug-likeness (QED) is 0.909. The summed E-state index contributed by atoms with van der Waals surface area (Å²) < 4.78 is 16.7. The van der Waals surface area contributed by atoms with E-state index in [1.165, 1.54) is 5.56 Å². The average molecular weight is 267 g/mol. The van der Waals surface area contributed by atoms with E-state index in [1.54, 1.807) is 7.11 Å². The van der Waals surface area contributed by atoms with Gasteiger partial charge in [-0.3, -0.25) is 4.21 Å². The summed E-state index contributed by atoms with van der Waals surface area (Å²) in [5, 5.41) is 3.62. The van der Waals surface area contributed by atoms with E-state index in [4.69, 9.17) is 4.74 Å². The van der Waals surface area contributed by atoms with Gasteiger partial charge < -0.3 is 10.1 Å². The van der Waals surface area contributed by atoms with Crippen LogP contribution in [0.4, 0.5) is 0 Å². The maximum absolute atomic E-state index is 11.3. The number of methoxy groups -OCH3 is 1. The van der Waals surface area contributed by atoms with Crippen LogP contribution in [0.2, 0.25) is 0 Å². The predicted octanol–water partition coefficient (Wildman–Crippen LogP) is 2.26. The molecule has 1 N–H and O–H groups in total. The third-order valence-electron chi connectivity index (χ3n) is 3.48. The van der Waals surface area contributed by atoms with Crippen molar-refractivity contribution in [3.05, 3.63) is 29.8 Å². The molecule has 1 saturated heterocycles. The number of nitrogens with one attached hydrogen (secondary N) is 1. The maximum Gasteiger partial charge on any atom is 0.123 e. The molecule has 18 heavy (non-hydrogen) atoms. The third-order valence-corrected chi connectivity index (χ3v) is 4.86. The third kappa shape index (κ3) is 3.33. The SMILES string of the molecule is COc1ccccc1[C@@H](C)NC1CCS(=O)CC1. The van der Waals surface area contributed by atoms with Crippen molar-refractivity contribution in [3.8, 4) is 5.75 Å². The smallest absolute Gasteiger partial charge is 0.123 e. The Hall–Kier alpha value is -0.870. The van der Waals surface area contributed by atoms with Crippen LogP contribution in [0.15, 0.2) is 24.3 Å². The topological polar surface area (TPSA) is 38.3 Å². The molecule has 0 bridgehead atoms. The van der Waals surface area contributed by atoms with Crippen LogP contribution >= 0.6 is 0 Å². The maximum atomic E-state index is 11.3. The van der Waals surface area contributed by atoms with Crippen LogP contribution in [-0.2, 0) is 10.8 Å². The highest BCUT2D eigenvalue weighted by Crippen LogP contribution is 2.25. The monoisotopic (exact) mass is 267 g/mol. The van der Waals surface area contributed by atoms with Gasteiger partial charge in [0, 0.05) is 40.0 Å². The Bertz CT molecular complexity index is 412. The van der Waals surface area contributed by atoms with Gasteiger partial charge in [0.05, 0.1) is 7.11 Å². The molecule has 0 aromatic heterocycles. The highest BCUT2D eigenvalue weighted by atomic mass is 32.2. The van der Waals surface area contributed by atoms with Gasteiger partial charge in [-0.15, -0.1) is 0 Å². The second-order valence-corrected chi connectivity index (χ2v) is 6.45. The first-order valence-corrected chi connectivity index (χ1v) is 7.93. The molecule has 4 heteroatoms. The molecular weight excluding hydrogens is 246 g/mol. The minimum Gasteiger partial charge on any atom is -0.496 e. The van der Waals surface area contributed by atoms with Crippen molar-refractivity contribution in [3.63, 3.8) is 0 Å². The zero-order valence-electron chi connectivity index (χ0n) is 11.0. The number of para-hydroxylation sites is 1. The second-order valence-electron chi connectivity index (χ2n) is 4.75. The first kappa shape index (κ1) is 13.6. The van der Waals surface area contributed by atoms with Crippen LogP contribution in [0.1, 0.15) is 31.4 Å². The van der Waals surface area contributed by atoms with E-state index in [2.05, 4.69) is 18.3 Å². The van der Waals surface area contributed by atoms with Gasteiger partial charge in [0.15, 0.2) is 0 Å². The van der Waals surface area contributed by atoms with Crippen LogP contribution in [0, 0.1) is 0 Å². The lowest BCUT2D eigenvalue weighted by molar-refractivity contribution is 0.386. The highest BCUT2D eigenvalue weighted by molar-refractivity contribution is 7.85. The van der Waals surface area contributed by atoms with Gasteiger partial charge >= 0.3 is 0 Å². The number of hydrogen-bond acceptors (Lipinski definition) is 3. The van der Waals surface area contributed by atoms with Crippen molar-refractivity contribution < 1.29 is 8.95 Å². The van der Waals surface area contributed by atoms with Gasteiger partial charge in [-0.1, -0.05) is 18.2 Å². The number of hydrogen-bond donors (Lipinski definition) is 1. The Labute approximate surface area is 111 Å². The summed E-state index contributed by atoms with van der Waals surface area (Å²) in [4.78, 5) is 0. The van der Waals surface area contributed by atoms with Crippen molar-refractivity contribution >= 4 is 10.8 Å². The number of ether oxygens (including phenoxy) is 1. The molecule has 0 spiro atoms. The fourth-order valence-electron chi connectivity index (χ4n) is 2.43. The summed E-state index contributed by atoms with van der Waals surface area (Å²) in [5.41, 5.74) is 1.19. The molecule has 0 aliphatic carbocycles. The van der Waals surface area contributed by atoms with E-state index in [1.807, 2.05) is 18.2 Å². The predicted molar refractivity (Wildman–Crippen MR) is 75.4 cm³/mol. The Morgan fingerprint density at radius 1 is 1.33 bits per heavy atom. The van der Waals surface area contributed by atoms with E-state index in [0.29, 0.717) is 6.04 Å². The van der Waals surface area contributed by atoms with E-state index in [-0.39, 0.29) is 6.04 Å². The molecule has 3 nitrogen and oxygen atoms in total. The molecule has 1 aliphatic heterocycles. The van der Waals surface area contributed by atoms with Gasteiger partial charge in [0.2, 0.25) is 0 Å².